The maximum atomic E-state index is 6.11. The molecule has 1 rings (SSSR count). The van der Waals surface area contributed by atoms with Crippen LogP contribution in [0.15, 0.2) is 30.3 Å². The van der Waals surface area contributed by atoms with Crippen LogP contribution in [0, 0.1) is 0 Å². The first-order chi connectivity index (χ1) is 14.2. The van der Waals surface area contributed by atoms with Crippen LogP contribution in [0.3, 0.4) is 0 Å². The summed E-state index contributed by atoms with van der Waals surface area (Å²) in [5.74, 6) is 0. The van der Waals surface area contributed by atoms with Gasteiger partial charge >= 0.3 is 8.80 Å². The molecule has 0 aliphatic carbocycles. The number of anilines is 1. The lowest BCUT2D eigenvalue weighted by Gasteiger charge is -2.52. The molecule has 0 saturated heterocycles. The summed E-state index contributed by atoms with van der Waals surface area (Å²) in [6, 6.07) is 11.9. The van der Waals surface area contributed by atoms with Crippen molar-refractivity contribution in [3.05, 3.63) is 30.3 Å². The molecule has 4 nitrogen and oxygen atoms in total. The van der Waals surface area contributed by atoms with Crippen molar-refractivity contribution in [2.75, 3.05) is 30.9 Å². The van der Waals surface area contributed by atoms with Gasteiger partial charge < -0.3 is 17.8 Å². The van der Waals surface area contributed by atoms with Crippen molar-refractivity contribution >= 4 is 22.7 Å². The lowest BCUT2D eigenvalue weighted by molar-refractivity contribution is 0.0710. The van der Waals surface area contributed by atoms with E-state index in [-0.39, 0.29) is 0 Å². The maximum absolute atomic E-state index is 6.11. The standard InChI is InChI=1S/C24H47NO3Si2/c1-10-26-29(27-11-2,28-12-3)20-16-19-25(24-17-14-13-15-18-24)30(21(4)5,22(6)7)23(8)9/h13-15,17-18,21-23H,10-12,16,19-20H2,1-9H3. The van der Waals surface area contributed by atoms with Crippen LogP contribution in [0.5, 0.6) is 0 Å². The molecule has 0 saturated carbocycles. The Bertz CT molecular complexity index is 542. The largest absolute Gasteiger partial charge is 0.500 e. The number of benzene rings is 1. The summed E-state index contributed by atoms with van der Waals surface area (Å²) >= 11 is 0. The van der Waals surface area contributed by atoms with E-state index in [1.165, 1.54) is 5.69 Å². The van der Waals surface area contributed by atoms with Gasteiger partial charge in [0.15, 0.2) is 8.24 Å². The summed E-state index contributed by atoms with van der Waals surface area (Å²) in [5, 5.41) is 0. The predicted octanol–water partition coefficient (Wildman–Crippen LogP) is 7.11. The first-order valence-electron chi connectivity index (χ1n) is 12.0. The van der Waals surface area contributed by atoms with Gasteiger partial charge in [0.25, 0.3) is 0 Å². The Labute approximate surface area is 188 Å². The molecule has 0 radical (unpaired) electrons. The van der Waals surface area contributed by atoms with Crippen molar-refractivity contribution in [2.24, 2.45) is 0 Å². The van der Waals surface area contributed by atoms with Gasteiger partial charge in [0.05, 0.1) is 0 Å². The molecule has 0 aliphatic rings. The zero-order valence-corrected chi connectivity index (χ0v) is 23.0. The van der Waals surface area contributed by atoms with E-state index >= 15 is 0 Å². The number of para-hydroxylation sites is 1. The molecule has 0 unspecified atom stereocenters. The van der Waals surface area contributed by atoms with Gasteiger partial charge in [-0.15, -0.1) is 0 Å². The first kappa shape index (κ1) is 27.4. The number of rotatable bonds is 15. The van der Waals surface area contributed by atoms with Crippen LogP contribution in [0.1, 0.15) is 68.7 Å². The van der Waals surface area contributed by atoms with E-state index < -0.39 is 17.0 Å². The number of hydrogen-bond donors (Lipinski definition) is 0. The van der Waals surface area contributed by atoms with Crippen molar-refractivity contribution < 1.29 is 13.3 Å². The van der Waals surface area contributed by atoms with E-state index in [1.807, 2.05) is 20.8 Å². The van der Waals surface area contributed by atoms with Crippen LogP contribution < -0.4 is 4.57 Å². The van der Waals surface area contributed by atoms with Crippen molar-refractivity contribution in [2.45, 2.75) is 91.4 Å². The summed E-state index contributed by atoms with van der Waals surface area (Å²) in [6.07, 6.45) is 1.02. The second-order valence-electron chi connectivity index (χ2n) is 8.92. The number of hydrogen-bond acceptors (Lipinski definition) is 4. The van der Waals surface area contributed by atoms with E-state index in [0.717, 1.165) is 19.0 Å². The van der Waals surface area contributed by atoms with Crippen LogP contribution >= 0.6 is 0 Å². The Hall–Kier alpha value is -0.666. The Morgan fingerprint density at radius 3 is 1.53 bits per heavy atom. The zero-order chi connectivity index (χ0) is 22.8. The van der Waals surface area contributed by atoms with E-state index in [4.69, 9.17) is 13.3 Å². The lowest BCUT2D eigenvalue weighted by Crippen LogP contribution is -2.61. The molecule has 1 aromatic carbocycles. The molecule has 0 spiro atoms. The number of nitrogens with zero attached hydrogens (tertiary/aromatic N) is 1. The topological polar surface area (TPSA) is 30.9 Å². The average molecular weight is 454 g/mol. The van der Waals surface area contributed by atoms with Crippen LogP contribution in [-0.2, 0) is 13.3 Å². The third-order valence-corrected chi connectivity index (χ3v) is 16.4. The molecule has 0 fully saturated rings. The fourth-order valence-electron chi connectivity index (χ4n) is 5.54. The van der Waals surface area contributed by atoms with E-state index in [2.05, 4.69) is 76.4 Å². The molecule has 30 heavy (non-hydrogen) atoms. The third kappa shape index (κ3) is 6.42. The molecule has 0 heterocycles. The van der Waals surface area contributed by atoms with E-state index in [9.17, 15) is 0 Å². The molecular weight excluding hydrogens is 406 g/mol. The van der Waals surface area contributed by atoms with Gasteiger partial charge in [0, 0.05) is 38.1 Å². The monoisotopic (exact) mass is 453 g/mol. The Morgan fingerprint density at radius 1 is 0.733 bits per heavy atom. The minimum absolute atomic E-state index is 0.636. The van der Waals surface area contributed by atoms with Gasteiger partial charge in [-0.2, -0.15) is 0 Å². The maximum Gasteiger partial charge on any atom is 0.500 e. The van der Waals surface area contributed by atoms with Crippen molar-refractivity contribution in [1.82, 2.24) is 0 Å². The van der Waals surface area contributed by atoms with E-state index in [0.29, 0.717) is 36.4 Å². The van der Waals surface area contributed by atoms with Gasteiger partial charge in [0.2, 0.25) is 0 Å². The SMILES string of the molecule is CCO[Si](CCCN(c1ccccc1)[Si](C(C)C)(C(C)C)C(C)C)(OCC)OCC. The third-order valence-electron chi connectivity index (χ3n) is 6.27. The highest BCUT2D eigenvalue weighted by atomic mass is 28.4. The lowest BCUT2D eigenvalue weighted by atomic mass is 10.3. The Morgan fingerprint density at radius 2 is 1.17 bits per heavy atom. The fraction of sp³-hybridized carbons (Fsp3) is 0.750. The van der Waals surface area contributed by atoms with E-state index in [1.54, 1.807) is 0 Å². The van der Waals surface area contributed by atoms with Crippen molar-refractivity contribution in [3.63, 3.8) is 0 Å². The minimum Gasteiger partial charge on any atom is -0.396 e. The van der Waals surface area contributed by atoms with Gasteiger partial charge in [0.1, 0.15) is 0 Å². The fourth-order valence-corrected chi connectivity index (χ4v) is 15.1. The summed E-state index contributed by atoms with van der Waals surface area (Å²) in [4.78, 5) is 0. The average Bonchev–Trinajstić information content (AvgIpc) is 2.67. The highest BCUT2D eigenvalue weighted by Crippen LogP contribution is 2.46. The zero-order valence-electron chi connectivity index (χ0n) is 21.0. The summed E-state index contributed by atoms with van der Waals surface area (Å²) < 4.78 is 21.1. The van der Waals surface area contributed by atoms with Gasteiger partial charge in [-0.25, -0.2) is 0 Å². The molecule has 0 aliphatic heterocycles. The van der Waals surface area contributed by atoms with Crippen molar-refractivity contribution in [1.29, 1.82) is 0 Å². The minimum atomic E-state index is -2.62. The highest BCUT2D eigenvalue weighted by molar-refractivity contribution is 6.86. The van der Waals surface area contributed by atoms with Crippen LogP contribution in [0.25, 0.3) is 0 Å². The molecule has 6 heteroatoms. The van der Waals surface area contributed by atoms with Crippen LogP contribution in [0.4, 0.5) is 5.69 Å². The summed E-state index contributed by atoms with van der Waals surface area (Å²) in [5.41, 5.74) is 3.33. The molecular formula is C24H47NO3Si2. The Kier molecular flexibility index (Phi) is 11.9. The molecule has 0 atom stereocenters. The van der Waals surface area contributed by atoms with Gasteiger partial charge in [-0.05, 0) is 55.9 Å². The van der Waals surface area contributed by atoms with Gasteiger partial charge in [-0.1, -0.05) is 59.7 Å². The Balaban J connectivity index is 3.25. The second-order valence-corrected chi connectivity index (χ2v) is 17.4. The summed E-state index contributed by atoms with van der Waals surface area (Å²) in [7, 11) is -4.44. The van der Waals surface area contributed by atoms with Crippen LogP contribution in [0.2, 0.25) is 22.7 Å². The smallest absolute Gasteiger partial charge is 0.396 e. The van der Waals surface area contributed by atoms with Gasteiger partial charge in [-0.3, -0.25) is 0 Å². The predicted molar refractivity (Wildman–Crippen MR) is 135 cm³/mol. The molecule has 1 aromatic rings. The molecule has 174 valence electrons. The van der Waals surface area contributed by atoms with Crippen LogP contribution in [-0.4, -0.2) is 43.4 Å². The molecule has 0 amide bonds. The molecule has 0 aromatic heterocycles. The first-order valence-corrected chi connectivity index (χ1v) is 16.1. The molecule has 0 bridgehead atoms. The molecule has 0 N–H and O–H groups in total. The summed E-state index contributed by atoms with van der Waals surface area (Å²) in [6.45, 7) is 23.6. The quantitative estimate of drug-likeness (QED) is 0.265. The van der Waals surface area contributed by atoms with Crippen molar-refractivity contribution in [3.8, 4) is 0 Å². The second kappa shape index (κ2) is 13.0. The normalized spacial score (nSPS) is 12.9. The highest BCUT2D eigenvalue weighted by Gasteiger charge is 2.49.